The largest absolute Gasteiger partial charge is 0.455 e. The van der Waals surface area contributed by atoms with Crippen molar-refractivity contribution in [1.29, 1.82) is 0 Å². The SMILES string of the molecule is Fc1ccc(-c2cc3c(s2)-c2ccc4c5c(ccc(c25)O3)-c2c(sc3ccccc23)O4)cc1. The molecule has 8 rings (SSSR count). The van der Waals surface area contributed by atoms with Gasteiger partial charge < -0.3 is 9.47 Å². The lowest BCUT2D eigenvalue weighted by Gasteiger charge is -2.24. The fourth-order valence-electron chi connectivity index (χ4n) is 4.96. The van der Waals surface area contributed by atoms with Crippen molar-refractivity contribution in [2.24, 2.45) is 0 Å². The highest BCUT2D eigenvalue weighted by atomic mass is 32.1. The van der Waals surface area contributed by atoms with Crippen LogP contribution in [0.15, 0.2) is 78.9 Å². The van der Waals surface area contributed by atoms with Gasteiger partial charge in [-0.05, 0) is 53.6 Å². The van der Waals surface area contributed by atoms with E-state index >= 15 is 0 Å². The summed E-state index contributed by atoms with van der Waals surface area (Å²) in [6.45, 7) is 0. The van der Waals surface area contributed by atoms with Gasteiger partial charge in [-0.15, -0.1) is 11.3 Å². The smallest absolute Gasteiger partial charge is 0.190 e. The van der Waals surface area contributed by atoms with E-state index in [0.717, 1.165) is 59.5 Å². The van der Waals surface area contributed by atoms with Gasteiger partial charge in [0.25, 0.3) is 0 Å². The third-order valence-corrected chi connectivity index (χ3v) is 8.66. The summed E-state index contributed by atoms with van der Waals surface area (Å²) in [5, 5.41) is 4.35. The second-order valence-corrected chi connectivity index (χ2v) is 10.3. The van der Waals surface area contributed by atoms with Gasteiger partial charge in [0, 0.05) is 42.9 Å². The minimum absolute atomic E-state index is 0.233. The lowest BCUT2D eigenvalue weighted by atomic mass is 9.91. The molecule has 0 N–H and O–H groups in total. The normalized spacial score (nSPS) is 12.9. The number of thiophene rings is 2. The van der Waals surface area contributed by atoms with E-state index in [1.54, 1.807) is 22.7 Å². The Hall–Kier alpha value is -3.67. The van der Waals surface area contributed by atoms with E-state index in [-0.39, 0.29) is 5.82 Å². The summed E-state index contributed by atoms with van der Waals surface area (Å²) < 4.78 is 27.5. The van der Waals surface area contributed by atoms with E-state index in [9.17, 15) is 4.39 Å². The first-order chi connectivity index (χ1) is 16.2. The Morgan fingerprint density at radius 2 is 1.42 bits per heavy atom. The van der Waals surface area contributed by atoms with Crippen LogP contribution < -0.4 is 9.47 Å². The Morgan fingerprint density at radius 1 is 0.667 bits per heavy atom. The molecule has 2 aromatic heterocycles. The second-order valence-electron chi connectivity index (χ2n) is 8.25. The zero-order chi connectivity index (χ0) is 21.7. The molecule has 0 radical (unpaired) electrons. The predicted octanol–water partition coefficient (Wildman–Crippen LogP) is 9.47. The van der Waals surface area contributed by atoms with Crippen LogP contribution in [0.2, 0.25) is 0 Å². The molecule has 0 bridgehead atoms. The minimum atomic E-state index is -0.233. The number of fused-ring (bicyclic) bond motifs is 6. The van der Waals surface area contributed by atoms with Gasteiger partial charge in [0.2, 0.25) is 0 Å². The monoisotopic (exact) mass is 464 g/mol. The quantitative estimate of drug-likeness (QED) is 0.241. The molecule has 156 valence electrons. The van der Waals surface area contributed by atoms with E-state index < -0.39 is 0 Å². The Balaban J connectivity index is 1.39. The molecule has 2 nitrogen and oxygen atoms in total. The molecule has 4 aromatic carbocycles. The highest BCUT2D eigenvalue weighted by Crippen LogP contribution is 2.59. The number of halogens is 1. The molecule has 0 atom stereocenters. The van der Waals surface area contributed by atoms with Gasteiger partial charge in [0.15, 0.2) is 5.06 Å². The van der Waals surface area contributed by atoms with Crippen molar-refractivity contribution in [3.8, 4) is 54.3 Å². The molecular formula is C28H13FO2S2. The van der Waals surface area contributed by atoms with Crippen LogP contribution in [-0.4, -0.2) is 0 Å². The Morgan fingerprint density at radius 3 is 2.30 bits per heavy atom. The molecule has 6 aromatic rings. The van der Waals surface area contributed by atoms with Crippen molar-refractivity contribution in [3.63, 3.8) is 0 Å². The summed E-state index contributed by atoms with van der Waals surface area (Å²) in [4.78, 5) is 2.14. The maximum absolute atomic E-state index is 13.4. The molecule has 0 saturated carbocycles. The van der Waals surface area contributed by atoms with Gasteiger partial charge in [-0.2, -0.15) is 0 Å². The summed E-state index contributed by atoms with van der Waals surface area (Å²) in [7, 11) is 0. The molecule has 0 aliphatic carbocycles. The van der Waals surface area contributed by atoms with Gasteiger partial charge in [-0.3, -0.25) is 0 Å². The lowest BCUT2D eigenvalue weighted by Crippen LogP contribution is -2.00. The van der Waals surface area contributed by atoms with Crippen molar-refractivity contribution in [3.05, 3.63) is 84.7 Å². The first-order valence-corrected chi connectivity index (χ1v) is 12.3. The van der Waals surface area contributed by atoms with Crippen molar-refractivity contribution in [1.82, 2.24) is 0 Å². The number of hydrogen-bond donors (Lipinski definition) is 0. The predicted molar refractivity (Wildman–Crippen MR) is 134 cm³/mol. The van der Waals surface area contributed by atoms with Crippen LogP contribution in [0.25, 0.3) is 52.9 Å². The van der Waals surface area contributed by atoms with E-state index in [1.807, 2.05) is 12.1 Å². The highest BCUT2D eigenvalue weighted by molar-refractivity contribution is 7.21. The zero-order valence-corrected chi connectivity index (χ0v) is 18.6. The Kier molecular flexibility index (Phi) is 3.36. The summed E-state index contributed by atoms with van der Waals surface area (Å²) in [6.07, 6.45) is 0. The Labute approximate surface area is 196 Å². The second kappa shape index (κ2) is 6.22. The standard InChI is InChI=1S/C28H13FO2S2/c29-15-7-5-14(6-8-15)23-13-21-27(32-23)18-10-12-20-25-17(9-11-19(30-21)26(18)25)24-16-3-1-2-4-22(16)33-28(24)31-20/h1-13H. The van der Waals surface area contributed by atoms with Gasteiger partial charge in [-0.25, -0.2) is 4.39 Å². The summed E-state index contributed by atoms with van der Waals surface area (Å²) in [5.74, 6) is 2.32. The highest BCUT2D eigenvalue weighted by Gasteiger charge is 2.31. The van der Waals surface area contributed by atoms with Crippen LogP contribution in [0.5, 0.6) is 22.3 Å². The topological polar surface area (TPSA) is 18.5 Å². The molecule has 33 heavy (non-hydrogen) atoms. The molecule has 4 heterocycles. The first kappa shape index (κ1) is 17.8. The van der Waals surface area contributed by atoms with Crippen LogP contribution in [0, 0.1) is 5.82 Å². The first-order valence-electron chi connectivity index (χ1n) is 10.6. The van der Waals surface area contributed by atoms with Gasteiger partial charge in [0.05, 0.1) is 4.88 Å². The molecule has 2 aliphatic heterocycles. The van der Waals surface area contributed by atoms with Gasteiger partial charge in [0.1, 0.15) is 23.1 Å². The van der Waals surface area contributed by atoms with Crippen molar-refractivity contribution in [2.75, 3.05) is 0 Å². The van der Waals surface area contributed by atoms with Crippen LogP contribution in [0.4, 0.5) is 4.39 Å². The average Bonchev–Trinajstić information content (AvgIpc) is 3.43. The zero-order valence-electron chi connectivity index (χ0n) is 17.0. The molecular weight excluding hydrogens is 451 g/mol. The van der Waals surface area contributed by atoms with Crippen LogP contribution >= 0.6 is 22.7 Å². The van der Waals surface area contributed by atoms with Crippen molar-refractivity contribution >= 4 is 43.5 Å². The van der Waals surface area contributed by atoms with E-state index in [1.165, 1.54) is 27.8 Å². The number of hydrogen-bond acceptors (Lipinski definition) is 4. The molecule has 0 amide bonds. The summed E-state index contributed by atoms with van der Waals surface area (Å²) >= 11 is 3.36. The number of benzene rings is 4. The van der Waals surface area contributed by atoms with E-state index in [2.05, 4.69) is 54.6 Å². The molecule has 5 heteroatoms. The minimum Gasteiger partial charge on any atom is -0.455 e. The number of ether oxygens (including phenoxy) is 2. The van der Waals surface area contributed by atoms with Gasteiger partial charge >= 0.3 is 0 Å². The number of rotatable bonds is 1. The van der Waals surface area contributed by atoms with Crippen molar-refractivity contribution in [2.45, 2.75) is 0 Å². The molecule has 0 fully saturated rings. The average molecular weight is 465 g/mol. The summed E-state index contributed by atoms with van der Waals surface area (Å²) in [5.41, 5.74) is 4.48. The summed E-state index contributed by atoms with van der Waals surface area (Å²) in [6, 6.07) is 25.6. The Bertz CT molecular complexity index is 1780. The van der Waals surface area contributed by atoms with Crippen LogP contribution in [0.3, 0.4) is 0 Å². The molecule has 0 spiro atoms. The van der Waals surface area contributed by atoms with Gasteiger partial charge in [-0.1, -0.05) is 41.7 Å². The lowest BCUT2D eigenvalue weighted by molar-refractivity contribution is 0.486. The fraction of sp³-hybridized carbons (Fsp3) is 0. The molecule has 0 unspecified atom stereocenters. The fourth-order valence-corrected chi connectivity index (χ4v) is 7.16. The maximum Gasteiger partial charge on any atom is 0.190 e. The van der Waals surface area contributed by atoms with Crippen LogP contribution in [-0.2, 0) is 0 Å². The van der Waals surface area contributed by atoms with Crippen molar-refractivity contribution < 1.29 is 13.9 Å². The van der Waals surface area contributed by atoms with Crippen LogP contribution in [0.1, 0.15) is 0 Å². The molecule has 2 aliphatic rings. The molecule has 0 saturated heterocycles. The third kappa shape index (κ3) is 2.35. The third-order valence-electron chi connectivity index (χ3n) is 6.41. The van der Waals surface area contributed by atoms with E-state index in [0.29, 0.717) is 0 Å². The maximum atomic E-state index is 13.4. The van der Waals surface area contributed by atoms with E-state index in [4.69, 9.17) is 9.47 Å².